The van der Waals surface area contributed by atoms with Gasteiger partial charge in [0.15, 0.2) is 0 Å². The monoisotopic (exact) mass is 238 g/mol. The highest BCUT2D eigenvalue weighted by molar-refractivity contribution is 7.08. The molecule has 2 N–H and O–H groups in total. The lowest BCUT2D eigenvalue weighted by atomic mass is 9.90. The fourth-order valence-electron chi connectivity index (χ4n) is 2.13. The molecule has 16 heavy (non-hydrogen) atoms. The second-order valence-corrected chi connectivity index (χ2v) is 5.09. The van der Waals surface area contributed by atoms with Crippen LogP contribution in [0.1, 0.15) is 26.2 Å². The third kappa shape index (κ3) is 2.83. The van der Waals surface area contributed by atoms with E-state index in [-0.39, 0.29) is 11.9 Å². The van der Waals surface area contributed by atoms with Crippen LogP contribution in [-0.4, -0.2) is 18.5 Å². The third-order valence-electron chi connectivity index (χ3n) is 3.19. The zero-order chi connectivity index (χ0) is 11.4. The molecule has 1 saturated heterocycles. The van der Waals surface area contributed by atoms with Gasteiger partial charge >= 0.3 is 0 Å². The van der Waals surface area contributed by atoms with Gasteiger partial charge in [0.25, 0.3) is 0 Å². The van der Waals surface area contributed by atoms with Crippen LogP contribution in [0.3, 0.4) is 0 Å². The summed E-state index contributed by atoms with van der Waals surface area (Å²) >= 11 is 1.60. The fraction of sp³-hybridized carbons (Fsp3) is 0.583. The Morgan fingerprint density at radius 3 is 3.25 bits per heavy atom. The largest absolute Gasteiger partial charge is 0.324 e. The average Bonchev–Trinajstić information content (AvgIpc) is 2.82. The summed E-state index contributed by atoms with van der Waals surface area (Å²) in [5, 5.41) is 10.2. The predicted molar refractivity (Wildman–Crippen MR) is 67.8 cm³/mol. The summed E-state index contributed by atoms with van der Waals surface area (Å²) in [6, 6.07) is 1.92. The van der Waals surface area contributed by atoms with Gasteiger partial charge in [-0.05, 0) is 36.8 Å². The van der Waals surface area contributed by atoms with Crippen LogP contribution in [0.5, 0.6) is 0 Å². The Bertz CT molecular complexity index is 337. The van der Waals surface area contributed by atoms with Crippen LogP contribution in [0.4, 0.5) is 5.69 Å². The molecule has 1 aromatic rings. The van der Waals surface area contributed by atoms with E-state index < -0.39 is 0 Å². The number of thiophene rings is 1. The van der Waals surface area contributed by atoms with Crippen LogP contribution in [0.2, 0.25) is 0 Å². The number of amides is 1. The summed E-state index contributed by atoms with van der Waals surface area (Å²) in [5.41, 5.74) is 0.912. The number of hydrogen-bond acceptors (Lipinski definition) is 3. The molecule has 0 radical (unpaired) electrons. The molecule has 1 aliphatic rings. The SMILES string of the molecule is CCC1CCNC(C(=O)Nc2ccsc2)C1. The highest BCUT2D eigenvalue weighted by atomic mass is 32.1. The fourth-order valence-corrected chi connectivity index (χ4v) is 2.72. The van der Waals surface area contributed by atoms with Crippen molar-refractivity contribution in [1.29, 1.82) is 0 Å². The molecule has 0 aliphatic carbocycles. The van der Waals surface area contributed by atoms with E-state index in [1.165, 1.54) is 12.8 Å². The van der Waals surface area contributed by atoms with Crippen molar-refractivity contribution in [2.75, 3.05) is 11.9 Å². The molecule has 0 bridgehead atoms. The molecule has 4 heteroatoms. The lowest BCUT2D eigenvalue weighted by molar-refractivity contribution is -0.119. The van der Waals surface area contributed by atoms with E-state index in [2.05, 4.69) is 17.6 Å². The molecule has 2 heterocycles. The van der Waals surface area contributed by atoms with Crippen molar-refractivity contribution in [3.05, 3.63) is 16.8 Å². The minimum absolute atomic E-state index is 0.0152. The van der Waals surface area contributed by atoms with E-state index in [0.717, 1.165) is 18.7 Å². The molecule has 2 unspecified atom stereocenters. The first kappa shape index (κ1) is 11.6. The maximum atomic E-state index is 12.0. The third-order valence-corrected chi connectivity index (χ3v) is 3.88. The van der Waals surface area contributed by atoms with E-state index in [1.54, 1.807) is 11.3 Å². The summed E-state index contributed by atoms with van der Waals surface area (Å²) in [6.45, 7) is 3.16. The van der Waals surface area contributed by atoms with Crippen LogP contribution >= 0.6 is 11.3 Å². The maximum Gasteiger partial charge on any atom is 0.241 e. The quantitative estimate of drug-likeness (QED) is 0.849. The summed E-state index contributed by atoms with van der Waals surface area (Å²) < 4.78 is 0. The average molecular weight is 238 g/mol. The number of rotatable bonds is 3. The number of carbonyl (C=O) groups excluding carboxylic acids is 1. The normalized spacial score (nSPS) is 25.3. The molecule has 0 spiro atoms. The van der Waals surface area contributed by atoms with Gasteiger partial charge in [-0.1, -0.05) is 13.3 Å². The second-order valence-electron chi connectivity index (χ2n) is 4.31. The number of piperidine rings is 1. The molecule has 3 nitrogen and oxygen atoms in total. The Morgan fingerprint density at radius 2 is 2.56 bits per heavy atom. The van der Waals surface area contributed by atoms with Crippen LogP contribution in [0.15, 0.2) is 16.8 Å². The summed E-state index contributed by atoms with van der Waals surface area (Å²) in [5.74, 6) is 0.802. The highest BCUT2D eigenvalue weighted by Gasteiger charge is 2.25. The van der Waals surface area contributed by atoms with Gasteiger partial charge in [0, 0.05) is 5.38 Å². The molecule has 1 amide bonds. The van der Waals surface area contributed by atoms with Gasteiger partial charge in [-0.25, -0.2) is 0 Å². The summed E-state index contributed by atoms with van der Waals surface area (Å²) in [4.78, 5) is 12.0. The first-order chi connectivity index (χ1) is 7.79. The molecule has 1 aliphatic heterocycles. The Hall–Kier alpha value is -0.870. The topological polar surface area (TPSA) is 41.1 Å². The molecular weight excluding hydrogens is 220 g/mol. The lowest BCUT2D eigenvalue weighted by Gasteiger charge is -2.28. The molecular formula is C12H18N2OS. The van der Waals surface area contributed by atoms with Crippen molar-refractivity contribution in [3.8, 4) is 0 Å². The lowest BCUT2D eigenvalue weighted by Crippen LogP contribution is -2.46. The standard InChI is InChI=1S/C12H18N2OS/c1-2-9-3-5-13-11(7-9)12(15)14-10-4-6-16-8-10/h4,6,8-9,11,13H,2-3,5,7H2,1H3,(H,14,15). The van der Waals surface area contributed by atoms with Crippen LogP contribution < -0.4 is 10.6 Å². The van der Waals surface area contributed by atoms with E-state index in [0.29, 0.717) is 5.92 Å². The van der Waals surface area contributed by atoms with E-state index in [4.69, 9.17) is 0 Å². The number of carbonyl (C=O) groups is 1. The first-order valence-corrected chi connectivity index (χ1v) is 6.80. The second kappa shape index (κ2) is 5.46. The smallest absolute Gasteiger partial charge is 0.241 e. The van der Waals surface area contributed by atoms with Gasteiger partial charge in [0.2, 0.25) is 5.91 Å². The zero-order valence-corrected chi connectivity index (χ0v) is 10.3. The minimum atomic E-state index is -0.0152. The molecule has 2 rings (SSSR count). The predicted octanol–water partition coefficient (Wildman–Crippen LogP) is 2.46. The van der Waals surface area contributed by atoms with Crippen molar-refractivity contribution < 1.29 is 4.79 Å². The van der Waals surface area contributed by atoms with Gasteiger partial charge in [0.05, 0.1) is 11.7 Å². The number of anilines is 1. The number of hydrogen-bond donors (Lipinski definition) is 2. The van der Waals surface area contributed by atoms with Crippen molar-refractivity contribution in [1.82, 2.24) is 5.32 Å². The van der Waals surface area contributed by atoms with Gasteiger partial charge in [-0.2, -0.15) is 11.3 Å². The Labute approximate surface area is 100 Å². The summed E-state index contributed by atoms with van der Waals surface area (Å²) in [7, 11) is 0. The Morgan fingerprint density at radius 1 is 1.69 bits per heavy atom. The first-order valence-electron chi connectivity index (χ1n) is 5.86. The van der Waals surface area contributed by atoms with Crippen molar-refractivity contribution in [2.45, 2.75) is 32.2 Å². The highest BCUT2D eigenvalue weighted by Crippen LogP contribution is 2.20. The van der Waals surface area contributed by atoms with Gasteiger partial charge in [-0.15, -0.1) is 0 Å². The molecule has 1 fully saturated rings. The van der Waals surface area contributed by atoms with Crippen LogP contribution in [0, 0.1) is 5.92 Å². The number of nitrogens with one attached hydrogen (secondary N) is 2. The molecule has 2 atom stereocenters. The summed E-state index contributed by atoms with van der Waals surface area (Å²) in [6.07, 6.45) is 3.33. The maximum absolute atomic E-state index is 12.0. The van der Waals surface area contributed by atoms with E-state index in [9.17, 15) is 4.79 Å². The Balaban J connectivity index is 1.89. The van der Waals surface area contributed by atoms with E-state index in [1.807, 2.05) is 16.8 Å². The van der Waals surface area contributed by atoms with E-state index >= 15 is 0 Å². The van der Waals surface area contributed by atoms with Crippen LogP contribution in [0.25, 0.3) is 0 Å². The molecule has 88 valence electrons. The van der Waals surface area contributed by atoms with Crippen molar-refractivity contribution >= 4 is 22.9 Å². The minimum Gasteiger partial charge on any atom is -0.324 e. The van der Waals surface area contributed by atoms with Crippen molar-refractivity contribution in [2.24, 2.45) is 5.92 Å². The molecule has 1 aromatic heterocycles. The Kier molecular flexibility index (Phi) is 3.96. The van der Waals surface area contributed by atoms with Gasteiger partial charge in [-0.3, -0.25) is 4.79 Å². The van der Waals surface area contributed by atoms with Gasteiger partial charge in [0.1, 0.15) is 0 Å². The zero-order valence-electron chi connectivity index (χ0n) is 9.53. The van der Waals surface area contributed by atoms with Crippen LogP contribution in [-0.2, 0) is 4.79 Å². The van der Waals surface area contributed by atoms with Gasteiger partial charge < -0.3 is 10.6 Å². The molecule has 0 aromatic carbocycles. The van der Waals surface area contributed by atoms with Crippen molar-refractivity contribution in [3.63, 3.8) is 0 Å². The molecule has 0 saturated carbocycles.